The van der Waals surface area contributed by atoms with Crippen LogP contribution in [0.4, 0.5) is 0 Å². The third-order valence-electron chi connectivity index (χ3n) is 3.17. The van der Waals surface area contributed by atoms with Gasteiger partial charge in [-0.05, 0) is 53.7 Å². The van der Waals surface area contributed by atoms with Crippen LogP contribution in [0, 0.1) is 6.92 Å². The van der Waals surface area contributed by atoms with E-state index in [0.29, 0.717) is 0 Å². The summed E-state index contributed by atoms with van der Waals surface area (Å²) in [5.74, 6) is 0.0579. The van der Waals surface area contributed by atoms with Gasteiger partial charge in [-0.2, -0.15) is 0 Å². The van der Waals surface area contributed by atoms with E-state index >= 15 is 0 Å². The lowest BCUT2D eigenvalue weighted by atomic mass is 10.0. The standard InChI is InChI=1S/C12H16BrNO2S/c1-8-6-10(17-11(8)13)12(16)14-5-3-2-4-9(14)7-15/h6,9,15H,2-5,7H2,1H3. The maximum absolute atomic E-state index is 12.3. The number of amides is 1. The summed E-state index contributed by atoms with van der Waals surface area (Å²) in [6.45, 7) is 2.81. The van der Waals surface area contributed by atoms with E-state index in [1.165, 1.54) is 11.3 Å². The smallest absolute Gasteiger partial charge is 0.264 e. The molecule has 1 aromatic heterocycles. The van der Waals surface area contributed by atoms with E-state index in [4.69, 9.17) is 0 Å². The van der Waals surface area contributed by atoms with Crippen LogP contribution >= 0.6 is 27.3 Å². The molecule has 1 atom stereocenters. The Hall–Kier alpha value is -0.390. The Bertz CT molecular complexity index is 399. The van der Waals surface area contributed by atoms with Crippen molar-refractivity contribution in [2.75, 3.05) is 13.2 Å². The molecule has 2 heterocycles. The van der Waals surface area contributed by atoms with Crippen molar-refractivity contribution in [3.63, 3.8) is 0 Å². The number of aryl methyl sites for hydroxylation is 1. The number of hydrogen-bond acceptors (Lipinski definition) is 3. The van der Waals surface area contributed by atoms with Gasteiger partial charge in [0, 0.05) is 6.54 Å². The molecule has 1 unspecified atom stereocenters. The molecule has 1 aliphatic heterocycles. The fraction of sp³-hybridized carbons (Fsp3) is 0.583. The second kappa shape index (κ2) is 5.50. The first-order chi connectivity index (χ1) is 8.13. The van der Waals surface area contributed by atoms with Gasteiger partial charge in [-0.15, -0.1) is 11.3 Å². The molecule has 5 heteroatoms. The van der Waals surface area contributed by atoms with E-state index in [1.54, 1.807) is 0 Å². The van der Waals surface area contributed by atoms with Gasteiger partial charge in [0.2, 0.25) is 0 Å². The van der Waals surface area contributed by atoms with Crippen molar-refractivity contribution in [3.05, 3.63) is 20.3 Å². The number of carbonyl (C=O) groups is 1. The van der Waals surface area contributed by atoms with Gasteiger partial charge < -0.3 is 10.0 Å². The number of hydrogen-bond donors (Lipinski definition) is 1. The summed E-state index contributed by atoms with van der Waals surface area (Å²) in [6.07, 6.45) is 3.05. The van der Waals surface area contributed by atoms with Gasteiger partial charge in [0.05, 0.1) is 21.3 Å². The number of aliphatic hydroxyl groups excluding tert-OH is 1. The average Bonchev–Trinajstić information content (AvgIpc) is 2.68. The van der Waals surface area contributed by atoms with Crippen LogP contribution in [0.2, 0.25) is 0 Å². The van der Waals surface area contributed by atoms with Crippen molar-refractivity contribution >= 4 is 33.2 Å². The summed E-state index contributed by atoms with van der Waals surface area (Å²) in [5.41, 5.74) is 1.09. The molecule has 0 saturated carbocycles. The van der Waals surface area contributed by atoms with Crippen LogP contribution in [0.1, 0.15) is 34.5 Å². The third-order valence-corrected chi connectivity index (χ3v) is 5.29. The molecule has 17 heavy (non-hydrogen) atoms. The highest BCUT2D eigenvalue weighted by Gasteiger charge is 2.27. The molecule has 0 spiro atoms. The minimum atomic E-state index is -0.00238. The first-order valence-corrected chi connectivity index (χ1v) is 7.42. The van der Waals surface area contributed by atoms with Crippen molar-refractivity contribution < 1.29 is 9.90 Å². The minimum Gasteiger partial charge on any atom is -0.394 e. The number of carbonyl (C=O) groups excluding carboxylic acids is 1. The Morgan fingerprint density at radius 1 is 1.65 bits per heavy atom. The molecule has 1 fully saturated rings. The van der Waals surface area contributed by atoms with E-state index < -0.39 is 0 Å². The second-order valence-electron chi connectivity index (χ2n) is 4.40. The van der Waals surface area contributed by atoms with Crippen molar-refractivity contribution in [2.24, 2.45) is 0 Å². The molecule has 1 aliphatic rings. The number of piperidine rings is 1. The summed E-state index contributed by atoms with van der Waals surface area (Å²) in [4.78, 5) is 14.9. The quantitative estimate of drug-likeness (QED) is 0.911. The highest BCUT2D eigenvalue weighted by Crippen LogP contribution is 2.29. The maximum Gasteiger partial charge on any atom is 0.264 e. The zero-order valence-corrected chi connectivity index (χ0v) is 12.2. The molecular formula is C12H16BrNO2S. The molecule has 2 rings (SSSR count). The number of nitrogens with zero attached hydrogens (tertiary/aromatic N) is 1. The molecule has 0 aliphatic carbocycles. The van der Waals surface area contributed by atoms with E-state index in [0.717, 1.165) is 40.0 Å². The van der Waals surface area contributed by atoms with Crippen LogP contribution < -0.4 is 0 Å². The van der Waals surface area contributed by atoms with Crippen molar-refractivity contribution in [2.45, 2.75) is 32.2 Å². The van der Waals surface area contributed by atoms with Crippen LogP contribution in [0.25, 0.3) is 0 Å². The number of halogens is 1. The molecule has 94 valence electrons. The fourth-order valence-electron chi connectivity index (χ4n) is 2.16. The summed E-state index contributed by atoms with van der Waals surface area (Å²) in [6, 6.07) is 1.91. The number of aliphatic hydroxyl groups is 1. The minimum absolute atomic E-state index is 0.00238. The first kappa shape index (κ1) is 13.1. The molecular weight excluding hydrogens is 302 g/mol. The van der Waals surface area contributed by atoms with Crippen LogP contribution in [-0.4, -0.2) is 35.1 Å². The zero-order valence-electron chi connectivity index (χ0n) is 9.78. The second-order valence-corrected chi connectivity index (χ2v) is 6.77. The van der Waals surface area contributed by atoms with Crippen LogP contribution in [-0.2, 0) is 0 Å². The lowest BCUT2D eigenvalue weighted by Crippen LogP contribution is -2.45. The van der Waals surface area contributed by atoms with Crippen LogP contribution in [0.3, 0.4) is 0 Å². The normalized spacial score (nSPS) is 20.6. The molecule has 0 aromatic carbocycles. The molecule has 1 saturated heterocycles. The lowest BCUT2D eigenvalue weighted by Gasteiger charge is -2.34. The molecule has 0 bridgehead atoms. The number of rotatable bonds is 2. The predicted molar refractivity (Wildman–Crippen MR) is 72.5 cm³/mol. The summed E-state index contributed by atoms with van der Waals surface area (Å²) < 4.78 is 1.01. The van der Waals surface area contributed by atoms with Crippen LogP contribution in [0.5, 0.6) is 0 Å². The topological polar surface area (TPSA) is 40.5 Å². The zero-order chi connectivity index (χ0) is 12.4. The Labute approximate surface area is 114 Å². The molecule has 0 radical (unpaired) electrons. The summed E-state index contributed by atoms with van der Waals surface area (Å²) >= 11 is 4.91. The highest BCUT2D eigenvalue weighted by atomic mass is 79.9. The van der Waals surface area contributed by atoms with Crippen LogP contribution in [0.15, 0.2) is 9.85 Å². The number of thiophene rings is 1. The summed E-state index contributed by atoms with van der Waals surface area (Å²) in [5, 5.41) is 9.32. The van der Waals surface area contributed by atoms with Gasteiger partial charge in [-0.1, -0.05) is 0 Å². The van der Waals surface area contributed by atoms with Gasteiger partial charge in [-0.3, -0.25) is 4.79 Å². The van der Waals surface area contributed by atoms with Gasteiger partial charge in [0.1, 0.15) is 0 Å². The monoisotopic (exact) mass is 317 g/mol. The Morgan fingerprint density at radius 3 is 3.00 bits per heavy atom. The molecule has 1 aromatic rings. The van der Waals surface area contributed by atoms with Gasteiger partial charge in [0.15, 0.2) is 0 Å². The lowest BCUT2D eigenvalue weighted by molar-refractivity contribution is 0.0507. The van der Waals surface area contributed by atoms with E-state index in [-0.39, 0.29) is 18.6 Å². The van der Waals surface area contributed by atoms with Gasteiger partial charge in [-0.25, -0.2) is 0 Å². The molecule has 1 amide bonds. The molecule has 3 nitrogen and oxygen atoms in total. The van der Waals surface area contributed by atoms with Gasteiger partial charge >= 0.3 is 0 Å². The first-order valence-electron chi connectivity index (χ1n) is 5.81. The fourth-order valence-corrected chi connectivity index (χ4v) is 3.66. The Kier molecular flexibility index (Phi) is 4.22. The van der Waals surface area contributed by atoms with E-state index in [1.807, 2.05) is 17.9 Å². The van der Waals surface area contributed by atoms with Crippen molar-refractivity contribution in [1.82, 2.24) is 4.90 Å². The van der Waals surface area contributed by atoms with E-state index in [2.05, 4.69) is 15.9 Å². The van der Waals surface area contributed by atoms with Crippen molar-refractivity contribution in [3.8, 4) is 0 Å². The maximum atomic E-state index is 12.3. The average molecular weight is 318 g/mol. The third kappa shape index (κ3) is 2.72. The Morgan fingerprint density at radius 2 is 2.41 bits per heavy atom. The largest absolute Gasteiger partial charge is 0.394 e. The molecule has 1 N–H and O–H groups in total. The Balaban J connectivity index is 2.18. The van der Waals surface area contributed by atoms with E-state index in [9.17, 15) is 9.90 Å². The highest BCUT2D eigenvalue weighted by molar-refractivity contribution is 9.11. The predicted octanol–water partition coefficient (Wildman–Crippen LogP) is 2.81. The van der Waals surface area contributed by atoms with Crippen molar-refractivity contribution in [1.29, 1.82) is 0 Å². The number of likely N-dealkylation sites (tertiary alicyclic amines) is 1. The van der Waals surface area contributed by atoms with Gasteiger partial charge in [0.25, 0.3) is 5.91 Å². The SMILES string of the molecule is Cc1cc(C(=O)N2CCCCC2CO)sc1Br. The summed E-state index contributed by atoms with van der Waals surface area (Å²) in [7, 11) is 0.